The average molecular weight is 203 g/mol. The lowest BCUT2D eigenvalue weighted by molar-refractivity contribution is -0.140. The van der Waals surface area contributed by atoms with E-state index >= 15 is 0 Å². The molecule has 0 aromatic rings. The van der Waals surface area contributed by atoms with E-state index in [1.165, 1.54) is 0 Å². The Bertz CT molecular complexity index is 202. The largest absolute Gasteiger partial charge is 0.480 e. The highest BCUT2D eigenvalue weighted by molar-refractivity contribution is 6.76. The van der Waals surface area contributed by atoms with Crippen molar-refractivity contribution in [3.05, 3.63) is 0 Å². The maximum absolute atomic E-state index is 10.6. The Balaban J connectivity index is 2.38. The van der Waals surface area contributed by atoms with Gasteiger partial charge in [0.2, 0.25) is 0 Å². The van der Waals surface area contributed by atoms with Crippen LogP contribution in [0.1, 0.15) is 6.42 Å². The van der Waals surface area contributed by atoms with Crippen molar-refractivity contribution in [3.63, 3.8) is 0 Å². The van der Waals surface area contributed by atoms with E-state index in [-0.39, 0.29) is 6.10 Å². The molecule has 2 N–H and O–H groups in total. The summed E-state index contributed by atoms with van der Waals surface area (Å²) >= 11 is 0. The number of hydroxylamine groups is 1. The molecule has 76 valence electrons. The highest BCUT2D eigenvalue weighted by Crippen LogP contribution is 2.21. The maximum atomic E-state index is 10.6. The molecule has 0 spiro atoms. The summed E-state index contributed by atoms with van der Waals surface area (Å²) in [6, 6.07) is 0.505. The van der Waals surface area contributed by atoms with E-state index in [1.54, 1.807) is 0 Å². The van der Waals surface area contributed by atoms with Crippen molar-refractivity contribution in [1.82, 2.24) is 5.48 Å². The molecule has 0 aromatic carbocycles. The van der Waals surface area contributed by atoms with Gasteiger partial charge in [0.05, 0.1) is 6.10 Å². The number of carboxylic acid groups (broad SMARTS) is 1. The molecule has 2 atom stereocenters. The molecule has 0 bridgehead atoms. The first-order valence-corrected chi connectivity index (χ1v) is 8.23. The Morgan fingerprint density at radius 2 is 2.23 bits per heavy atom. The summed E-state index contributed by atoms with van der Waals surface area (Å²) in [5, 5.41) is 8.70. The predicted octanol–water partition coefficient (Wildman–Crippen LogP) is 1.07. The van der Waals surface area contributed by atoms with Gasteiger partial charge in [-0.15, -0.1) is 0 Å². The molecule has 1 fully saturated rings. The number of carboxylic acids is 1. The first-order valence-electron chi connectivity index (χ1n) is 4.52. The van der Waals surface area contributed by atoms with Gasteiger partial charge in [0, 0.05) is 14.5 Å². The monoisotopic (exact) mass is 203 g/mol. The minimum absolute atomic E-state index is 0.0905. The van der Waals surface area contributed by atoms with Gasteiger partial charge in [-0.1, -0.05) is 19.6 Å². The Labute approximate surface area is 79.2 Å². The zero-order valence-corrected chi connectivity index (χ0v) is 9.33. The van der Waals surface area contributed by atoms with Crippen molar-refractivity contribution >= 4 is 14.0 Å². The third-order valence-corrected chi connectivity index (χ3v) is 3.69. The maximum Gasteiger partial charge on any atom is 0.323 e. The number of rotatable bonds is 3. The highest BCUT2D eigenvalue weighted by Gasteiger charge is 2.33. The lowest BCUT2D eigenvalue weighted by atomic mass is 10.2. The Kier molecular flexibility index (Phi) is 3.10. The molecular formula is C8H17NO3Si. The Morgan fingerprint density at radius 1 is 1.62 bits per heavy atom. The molecular weight excluding hydrogens is 186 g/mol. The third kappa shape index (κ3) is 3.46. The molecule has 0 amide bonds. The minimum Gasteiger partial charge on any atom is -0.480 e. The fraction of sp³-hybridized carbons (Fsp3) is 0.875. The molecule has 4 nitrogen and oxygen atoms in total. The van der Waals surface area contributed by atoms with E-state index < -0.39 is 20.1 Å². The van der Waals surface area contributed by atoms with Crippen LogP contribution in [-0.4, -0.2) is 31.3 Å². The van der Waals surface area contributed by atoms with E-state index in [0.717, 1.165) is 6.04 Å². The van der Waals surface area contributed by atoms with E-state index in [2.05, 4.69) is 25.1 Å². The predicted molar refractivity (Wildman–Crippen MR) is 52.2 cm³/mol. The van der Waals surface area contributed by atoms with Crippen LogP contribution in [0.4, 0.5) is 0 Å². The van der Waals surface area contributed by atoms with Crippen LogP contribution in [0.2, 0.25) is 25.7 Å². The fourth-order valence-corrected chi connectivity index (χ4v) is 3.11. The van der Waals surface area contributed by atoms with Crippen LogP contribution in [-0.2, 0) is 9.63 Å². The van der Waals surface area contributed by atoms with Crippen molar-refractivity contribution in [2.75, 3.05) is 0 Å². The molecule has 13 heavy (non-hydrogen) atoms. The van der Waals surface area contributed by atoms with Gasteiger partial charge in [0.25, 0.3) is 0 Å². The zero-order valence-electron chi connectivity index (χ0n) is 8.33. The number of hydrogen-bond acceptors (Lipinski definition) is 3. The van der Waals surface area contributed by atoms with Crippen molar-refractivity contribution in [3.8, 4) is 0 Å². The summed E-state index contributed by atoms with van der Waals surface area (Å²) in [5.74, 6) is -0.821. The molecule has 1 heterocycles. The van der Waals surface area contributed by atoms with E-state index in [9.17, 15) is 4.79 Å². The second kappa shape index (κ2) is 3.77. The SMILES string of the molecule is C[Si](C)(C)C[C@@H]1C[C@@H](C(=O)O)NO1. The first kappa shape index (κ1) is 10.7. The van der Waals surface area contributed by atoms with Crippen molar-refractivity contribution in [1.29, 1.82) is 0 Å². The van der Waals surface area contributed by atoms with Crippen LogP contribution in [0.5, 0.6) is 0 Å². The summed E-state index contributed by atoms with van der Waals surface area (Å²) in [4.78, 5) is 15.8. The van der Waals surface area contributed by atoms with E-state index in [1.807, 2.05) is 0 Å². The van der Waals surface area contributed by atoms with E-state index in [4.69, 9.17) is 9.94 Å². The molecule has 0 saturated carbocycles. The second-order valence-corrected chi connectivity index (χ2v) is 10.3. The van der Waals surface area contributed by atoms with E-state index in [0.29, 0.717) is 6.42 Å². The first-order chi connectivity index (χ1) is 5.88. The lowest BCUT2D eigenvalue weighted by Crippen LogP contribution is -2.29. The molecule has 1 rings (SSSR count). The molecule has 1 aliphatic heterocycles. The summed E-state index contributed by atoms with van der Waals surface area (Å²) in [6.45, 7) is 6.76. The quantitative estimate of drug-likeness (QED) is 0.674. The Hall–Kier alpha value is -0.393. The molecule has 0 aromatic heterocycles. The average Bonchev–Trinajstić information content (AvgIpc) is 2.31. The number of hydrogen-bond donors (Lipinski definition) is 2. The topological polar surface area (TPSA) is 58.6 Å². The molecule has 0 unspecified atom stereocenters. The van der Waals surface area contributed by atoms with Crippen molar-refractivity contribution < 1.29 is 14.7 Å². The van der Waals surface area contributed by atoms with Crippen molar-refractivity contribution in [2.45, 2.75) is 44.3 Å². The van der Waals surface area contributed by atoms with Gasteiger partial charge in [-0.3, -0.25) is 9.63 Å². The normalized spacial score (nSPS) is 29.2. The molecule has 0 aliphatic carbocycles. The summed E-state index contributed by atoms with van der Waals surface area (Å²) in [7, 11) is -1.14. The van der Waals surface area contributed by atoms with Gasteiger partial charge in [0.1, 0.15) is 6.04 Å². The van der Waals surface area contributed by atoms with Gasteiger partial charge >= 0.3 is 5.97 Å². The fourth-order valence-electron chi connectivity index (χ4n) is 1.50. The van der Waals surface area contributed by atoms with Gasteiger partial charge in [-0.05, 0) is 6.04 Å². The summed E-state index contributed by atoms with van der Waals surface area (Å²) < 4.78 is 0. The third-order valence-electron chi connectivity index (χ3n) is 2.01. The Morgan fingerprint density at radius 3 is 2.62 bits per heavy atom. The van der Waals surface area contributed by atoms with Crippen LogP contribution in [0.3, 0.4) is 0 Å². The van der Waals surface area contributed by atoms with Gasteiger partial charge in [-0.25, -0.2) is 0 Å². The molecule has 0 radical (unpaired) electrons. The summed E-state index contributed by atoms with van der Waals surface area (Å²) in [6.07, 6.45) is 0.687. The molecule has 1 saturated heterocycles. The van der Waals surface area contributed by atoms with Crippen LogP contribution in [0, 0.1) is 0 Å². The van der Waals surface area contributed by atoms with Crippen LogP contribution in [0.15, 0.2) is 0 Å². The van der Waals surface area contributed by atoms with Crippen LogP contribution in [0.25, 0.3) is 0 Å². The zero-order chi connectivity index (χ0) is 10.1. The highest BCUT2D eigenvalue weighted by atomic mass is 28.3. The van der Waals surface area contributed by atoms with Gasteiger partial charge < -0.3 is 5.11 Å². The number of carbonyl (C=O) groups is 1. The minimum atomic E-state index is -1.14. The summed E-state index contributed by atoms with van der Waals surface area (Å²) in [5.41, 5.74) is 2.55. The van der Waals surface area contributed by atoms with Crippen molar-refractivity contribution in [2.24, 2.45) is 0 Å². The second-order valence-electron chi connectivity index (χ2n) is 4.75. The smallest absolute Gasteiger partial charge is 0.323 e. The standard InChI is InChI=1S/C8H17NO3Si/c1-13(2,3)5-6-4-7(8(10)11)9-12-6/h6-7,9H,4-5H2,1-3H3,(H,10,11)/t6-,7-/m0/s1. The number of nitrogens with one attached hydrogen (secondary N) is 1. The van der Waals surface area contributed by atoms with Gasteiger partial charge in [0.15, 0.2) is 0 Å². The lowest BCUT2D eigenvalue weighted by Gasteiger charge is -2.18. The number of aliphatic carboxylic acids is 1. The van der Waals surface area contributed by atoms with Gasteiger partial charge in [-0.2, -0.15) is 5.48 Å². The molecule has 1 aliphatic rings. The van der Waals surface area contributed by atoms with Crippen LogP contribution >= 0.6 is 0 Å². The molecule has 5 heteroatoms. The van der Waals surface area contributed by atoms with Crippen LogP contribution < -0.4 is 5.48 Å².